The summed E-state index contributed by atoms with van der Waals surface area (Å²) in [5.74, 6) is 0.611. The van der Waals surface area contributed by atoms with Crippen LogP contribution in [-0.4, -0.2) is 17.2 Å². The van der Waals surface area contributed by atoms with Crippen LogP contribution in [0.2, 0.25) is 0 Å². The predicted molar refractivity (Wildman–Crippen MR) is 73.6 cm³/mol. The fourth-order valence-electron chi connectivity index (χ4n) is 1.81. The third-order valence-corrected chi connectivity index (χ3v) is 3.15. The van der Waals surface area contributed by atoms with Crippen LogP contribution in [0.4, 0.5) is 0 Å². The second-order valence-electron chi connectivity index (χ2n) is 3.94. The molecule has 0 saturated heterocycles. The summed E-state index contributed by atoms with van der Waals surface area (Å²) >= 11 is 3.41. The molecule has 0 aliphatic heterocycles. The summed E-state index contributed by atoms with van der Waals surface area (Å²) in [4.78, 5) is 4.18. The van der Waals surface area contributed by atoms with Gasteiger partial charge in [-0.3, -0.25) is 4.98 Å². The number of halogens is 1. The number of ether oxygens (including phenoxy) is 1. The van der Waals surface area contributed by atoms with Gasteiger partial charge in [0.2, 0.25) is 0 Å². The van der Waals surface area contributed by atoms with Gasteiger partial charge in [0.1, 0.15) is 17.5 Å². The van der Waals surface area contributed by atoms with Crippen LogP contribution in [0.5, 0.6) is 5.75 Å². The second kappa shape index (κ2) is 5.98. The van der Waals surface area contributed by atoms with Crippen molar-refractivity contribution in [3.05, 3.63) is 58.3 Å². The summed E-state index contributed by atoms with van der Waals surface area (Å²) in [6.07, 6.45) is 1.49. The molecule has 0 spiro atoms. The van der Waals surface area contributed by atoms with Crippen LogP contribution in [0, 0.1) is 0 Å². The van der Waals surface area contributed by atoms with Gasteiger partial charge in [-0.05, 0) is 29.8 Å². The molecule has 1 unspecified atom stereocenters. The minimum Gasteiger partial charge on any atom is -0.495 e. The van der Waals surface area contributed by atoms with Crippen LogP contribution in [0.3, 0.4) is 0 Å². The first-order valence-electron chi connectivity index (χ1n) is 5.62. The number of aromatic nitrogens is 1. The van der Waals surface area contributed by atoms with E-state index < -0.39 is 6.10 Å². The Bertz CT molecular complexity index is 531. The van der Waals surface area contributed by atoms with Gasteiger partial charge in [0, 0.05) is 17.1 Å². The normalized spacial score (nSPS) is 12.2. The van der Waals surface area contributed by atoms with E-state index in [0.717, 1.165) is 10.0 Å². The number of rotatable bonds is 4. The van der Waals surface area contributed by atoms with Crippen molar-refractivity contribution in [3.8, 4) is 5.75 Å². The fourth-order valence-corrected chi connectivity index (χ4v) is 2.26. The molecule has 1 N–H and O–H groups in total. The molecule has 2 aromatic rings. The standard InChI is InChI=1S/C14H14BrNO2/c1-18-13-6-3-7-16-14(13)12(17)9-10-4-2-5-11(15)8-10/h2-8,12,17H,9H2,1H3. The number of hydrogen-bond acceptors (Lipinski definition) is 3. The minimum atomic E-state index is -0.671. The molecule has 18 heavy (non-hydrogen) atoms. The molecule has 0 aliphatic carbocycles. The van der Waals surface area contributed by atoms with Crippen molar-refractivity contribution in [2.75, 3.05) is 7.11 Å². The van der Waals surface area contributed by atoms with E-state index in [1.165, 1.54) is 0 Å². The van der Waals surface area contributed by atoms with Crippen molar-refractivity contribution in [1.29, 1.82) is 0 Å². The molecule has 0 amide bonds. The maximum atomic E-state index is 10.2. The molecule has 1 atom stereocenters. The predicted octanol–water partition coefficient (Wildman–Crippen LogP) is 3.13. The molecule has 1 aromatic carbocycles. The lowest BCUT2D eigenvalue weighted by Crippen LogP contribution is -2.06. The Kier molecular flexibility index (Phi) is 4.33. The Morgan fingerprint density at radius 3 is 2.89 bits per heavy atom. The van der Waals surface area contributed by atoms with Gasteiger partial charge in [-0.1, -0.05) is 28.1 Å². The summed E-state index contributed by atoms with van der Waals surface area (Å²) in [5, 5.41) is 10.2. The van der Waals surface area contributed by atoms with Crippen LogP contribution in [-0.2, 0) is 6.42 Å². The van der Waals surface area contributed by atoms with Crippen molar-refractivity contribution >= 4 is 15.9 Å². The van der Waals surface area contributed by atoms with Gasteiger partial charge in [0.05, 0.1) is 7.11 Å². The Morgan fingerprint density at radius 1 is 1.33 bits per heavy atom. The molecular weight excluding hydrogens is 294 g/mol. The molecule has 4 heteroatoms. The average Bonchev–Trinajstić information content (AvgIpc) is 2.38. The van der Waals surface area contributed by atoms with Crippen LogP contribution in [0.15, 0.2) is 47.1 Å². The highest BCUT2D eigenvalue weighted by molar-refractivity contribution is 9.10. The smallest absolute Gasteiger partial charge is 0.143 e. The van der Waals surface area contributed by atoms with Crippen molar-refractivity contribution < 1.29 is 9.84 Å². The number of nitrogens with zero attached hydrogens (tertiary/aromatic N) is 1. The van der Waals surface area contributed by atoms with E-state index in [0.29, 0.717) is 17.9 Å². The zero-order valence-electron chi connectivity index (χ0n) is 10.0. The molecule has 0 bridgehead atoms. The first-order valence-corrected chi connectivity index (χ1v) is 6.41. The van der Waals surface area contributed by atoms with E-state index in [1.807, 2.05) is 24.3 Å². The SMILES string of the molecule is COc1cccnc1C(O)Cc1cccc(Br)c1. The zero-order chi connectivity index (χ0) is 13.0. The largest absolute Gasteiger partial charge is 0.495 e. The summed E-state index contributed by atoms with van der Waals surface area (Å²) in [6.45, 7) is 0. The van der Waals surface area contributed by atoms with E-state index in [-0.39, 0.29) is 0 Å². The van der Waals surface area contributed by atoms with Gasteiger partial charge in [-0.2, -0.15) is 0 Å². The Labute approximate surface area is 115 Å². The van der Waals surface area contributed by atoms with E-state index >= 15 is 0 Å². The van der Waals surface area contributed by atoms with Gasteiger partial charge >= 0.3 is 0 Å². The van der Waals surface area contributed by atoms with Crippen LogP contribution < -0.4 is 4.74 Å². The summed E-state index contributed by atoms with van der Waals surface area (Å²) in [7, 11) is 1.58. The summed E-state index contributed by atoms with van der Waals surface area (Å²) in [6, 6.07) is 11.4. The lowest BCUT2D eigenvalue weighted by Gasteiger charge is -2.13. The van der Waals surface area contributed by atoms with Crippen LogP contribution >= 0.6 is 15.9 Å². The Balaban J connectivity index is 2.19. The van der Waals surface area contributed by atoms with E-state index in [9.17, 15) is 5.11 Å². The van der Waals surface area contributed by atoms with Crippen molar-refractivity contribution in [1.82, 2.24) is 4.98 Å². The van der Waals surface area contributed by atoms with Gasteiger partial charge < -0.3 is 9.84 Å². The van der Waals surface area contributed by atoms with Gasteiger partial charge in [-0.15, -0.1) is 0 Å². The van der Waals surface area contributed by atoms with Gasteiger partial charge in [0.25, 0.3) is 0 Å². The number of aliphatic hydroxyl groups excluding tert-OH is 1. The van der Waals surface area contributed by atoms with E-state index in [2.05, 4.69) is 20.9 Å². The van der Waals surface area contributed by atoms with Crippen LogP contribution in [0.25, 0.3) is 0 Å². The Hall–Kier alpha value is -1.39. The molecule has 0 radical (unpaired) electrons. The third kappa shape index (κ3) is 3.09. The topological polar surface area (TPSA) is 42.4 Å². The van der Waals surface area contributed by atoms with Crippen LogP contribution in [0.1, 0.15) is 17.4 Å². The molecule has 1 heterocycles. The number of pyridine rings is 1. The quantitative estimate of drug-likeness (QED) is 0.943. The molecule has 0 saturated carbocycles. The molecule has 3 nitrogen and oxygen atoms in total. The first-order chi connectivity index (χ1) is 8.70. The molecule has 0 aliphatic rings. The number of aliphatic hydroxyl groups is 1. The van der Waals surface area contributed by atoms with Gasteiger partial charge in [0.15, 0.2) is 0 Å². The van der Waals surface area contributed by atoms with Crippen molar-refractivity contribution in [2.24, 2.45) is 0 Å². The minimum absolute atomic E-state index is 0.507. The second-order valence-corrected chi connectivity index (χ2v) is 4.86. The number of hydrogen-bond donors (Lipinski definition) is 1. The van der Waals surface area contributed by atoms with Gasteiger partial charge in [-0.25, -0.2) is 0 Å². The molecular formula is C14H14BrNO2. The number of methoxy groups -OCH3 is 1. The molecule has 1 aromatic heterocycles. The summed E-state index contributed by atoms with van der Waals surface area (Å²) < 4.78 is 6.20. The maximum Gasteiger partial charge on any atom is 0.143 e. The maximum absolute atomic E-state index is 10.2. The fraction of sp³-hybridized carbons (Fsp3) is 0.214. The lowest BCUT2D eigenvalue weighted by molar-refractivity contribution is 0.169. The molecule has 0 fully saturated rings. The highest BCUT2D eigenvalue weighted by atomic mass is 79.9. The molecule has 2 rings (SSSR count). The number of benzene rings is 1. The highest BCUT2D eigenvalue weighted by Crippen LogP contribution is 2.25. The van der Waals surface area contributed by atoms with Crippen molar-refractivity contribution in [2.45, 2.75) is 12.5 Å². The first kappa shape index (κ1) is 13.1. The van der Waals surface area contributed by atoms with E-state index in [1.54, 1.807) is 25.4 Å². The van der Waals surface area contributed by atoms with E-state index in [4.69, 9.17) is 4.74 Å². The van der Waals surface area contributed by atoms with Crippen molar-refractivity contribution in [3.63, 3.8) is 0 Å². The highest BCUT2D eigenvalue weighted by Gasteiger charge is 2.15. The lowest BCUT2D eigenvalue weighted by atomic mass is 10.0. The third-order valence-electron chi connectivity index (χ3n) is 2.65. The Morgan fingerprint density at radius 2 is 2.17 bits per heavy atom. The molecule has 94 valence electrons. The summed E-state index contributed by atoms with van der Waals surface area (Å²) in [5.41, 5.74) is 1.62. The average molecular weight is 308 g/mol. The zero-order valence-corrected chi connectivity index (χ0v) is 11.6. The monoisotopic (exact) mass is 307 g/mol.